The number of nitrogens with zero attached hydrogens (tertiary/aromatic N) is 2. The highest BCUT2D eigenvalue weighted by molar-refractivity contribution is 7.07. The minimum Gasteiger partial charge on any atom is -0.321 e. The maximum atomic E-state index is 14.8. The summed E-state index contributed by atoms with van der Waals surface area (Å²) in [4.78, 5) is 26.6. The number of anilines is 1. The van der Waals surface area contributed by atoms with Crippen LogP contribution in [0.3, 0.4) is 0 Å². The molecule has 0 aliphatic rings. The number of unbranched alkanes of at least 4 members (excludes halogenated alkanes) is 1. The van der Waals surface area contributed by atoms with Crippen molar-refractivity contribution in [2.45, 2.75) is 26.2 Å². The summed E-state index contributed by atoms with van der Waals surface area (Å²) in [5.41, 5.74) is 1.42. The first-order valence-corrected chi connectivity index (χ1v) is 12.9. The molecule has 0 spiro atoms. The lowest BCUT2D eigenvalue weighted by molar-refractivity contribution is -0.111. The zero-order valence-electron chi connectivity index (χ0n) is 20.0. The van der Waals surface area contributed by atoms with E-state index in [0.29, 0.717) is 16.3 Å². The number of nitrogens with one attached hydrogen (secondary N) is 1. The predicted octanol–water partition coefficient (Wildman–Crippen LogP) is 5.18. The molecule has 4 aromatic rings. The summed E-state index contributed by atoms with van der Waals surface area (Å²) >= 11 is 7.02. The Hall–Kier alpha value is -3.99. The van der Waals surface area contributed by atoms with E-state index in [1.807, 2.05) is 18.2 Å². The summed E-state index contributed by atoms with van der Waals surface area (Å²) in [6.45, 7) is 2.12. The van der Waals surface area contributed by atoms with Crippen LogP contribution in [0, 0.1) is 17.1 Å². The van der Waals surface area contributed by atoms with Crippen molar-refractivity contribution in [2.75, 3.05) is 5.32 Å². The monoisotopic (exact) mass is 531 g/mol. The molecule has 186 valence electrons. The standard InChI is InChI=1S/C29H23ClFN3O2S/c1-2-3-7-19-12-14-22(15-13-19)33-27(35)23(18-32)29-34(25-11-5-4-10-24(25)31)28(36)26(37-29)17-20-8-6-9-21(30)16-20/h4-6,8-17H,2-3,7H2,1H3,(H,33,35)/b26-17-,29-23-. The lowest BCUT2D eigenvalue weighted by Gasteiger charge is -2.07. The second-order valence-corrected chi connectivity index (χ2v) is 9.77. The van der Waals surface area contributed by atoms with Crippen LogP contribution < -0.4 is 20.1 Å². The Labute approximate surface area is 222 Å². The van der Waals surface area contributed by atoms with Crippen molar-refractivity contribution >= 4 is 46.2 Å². The number of para-hydroxylation sites is 1. The number of aromatic nitrogens is 1. The summed E-state index contributed by atoms with van der Waals surface area (Å²) in [5.74, 6) is -1.34. The number of hydrogen-bond acceptors (Lipinski definition) is 4. The SMILES string of the molecule is CCCCc1ccc(NC(=O)/C(C#N)=c2\s/c(=C\c3cccc(Cl)c3)c(=O)n2-c2ccccc2F)cc1. The van der Waals surface area contributed by atoms with E-state index in [1.165, 1.54) is 18.2 Å². The molecule has 5 nitrogen and oxygen atoms in total. The summed E-state index contributed by atoms with van der Waals surface area (Å²) in [7, 11) is 0. The fraction of sp³-hybridized carbons (Fsp3) is 0.138. The molecule has 0 aliphatic heterocycles. The molecule has 1 amide bonds. The number of benzene rings is 3. The van der Waals surface area contributed by atoms with Crippen LogP contribution in [-0.4, -0.2) is 10.5 Å². The van der Waals surface area contributed by atoms with E-state index >= 15 is 0 Å². The second kappa shape index (κ2) is 11.8. The Bertz CT molecular complexity index is 1670. The molecule has 1 heterocycles. The smallest absolute Gasteiger partial charge is 0.273 e. The van der Waals surface area contributed by atoms with Gasteiger partial charge in [-0.05, 0) is 66.4 Å². The zero-order valence-corrected chi connectivity index (χ0v) is 21.6. The molecule has 1 aromatic heterocycles. The molecule has 0 radical (unpaired) electrons. The molecule has 0 atom stereocenters. The molecule has 0 bridgehead atoms. The normalized spacial score (nSPS) is 12.2. The highest BCUT2D eigenvalue weighted by Gasteiger charge is 2.19. The van der Waals surface area contributed by atoms with Gasteiger partial charge < -0.3 is 5.32 Å². The third-order valence-corrected chi connectivity index (χ3v) is 6.97. The minimum atomic E-state index is -0.690. The van der Waals surface area contributed by atoms with Crippen LogP contribution in [0.2, 0.25) is 5.02 Å². The summed E-state index contributed by atoms with van der Waals surface area (Å²) in [6, 6.07) is 21.9. The molecule has 0 unspecified atom stereocenters. The van der Waals surface area contributed by atoms with E-state index in [1.54, 1.807) is 48.5 Å². The van der Waals surface area contributed by atoms with Crippen LogP contribution in [0.5, 0.6) is 0 Å². The molecule has 0 fully saturated rings. The first-order chi connectivity index (χ1) is 17.9. The van der Waals surface area contributed by atoms with Gasteiger partial charge in [0.2, 0.25) is 0 Å². The van der Waals surface area contributed by atoms with Crippen molar-refractivity contribution in [1.82, 2.24) is 4.57 Å². The van der Waals surface area contributed by atoms with Gasteiger partial charge in [-0.3, -0.25) is 14.2 Å². The molecular formula is C29H23ClFN3O2S. The summed E-state index contributed by atoms with van der Waals surface area (Å²) < 4.78 is 16.1. The number of amides is 1. The van der Waals surface area contributed by atoms with Crippen LogP contribution in [-0.2, 0) is 11.2 Å². The highest BCUT2D eigenvalue weighted by Crippen LogP contribution is 2.15. The number of nitriles is 1. The molecule has 8 heteroatoms. The average molecular weight is 532 g/mol. The van der Waals surface area contributed by atoms with Gasteiger partial charge in [0.05, 0.1) is 10.2 Å². The third-order valence-electron chi connectivity index (χ3n) is 5.65. The molecule has 0 saturated heterocycles. The topological polar surface area (TPSA) is 74.9 Å². The lowest BCUT2D eigenvalue weighted by Crippen LogP contribution is -2.32. The Morgan fingerprint density at radius 3 is 2.57 bits per heavy atom. The van der Waals surface area contributed by atoms with Crippen molar-refractivity contribution in [3.05, 3.63) is 114 Å². The van der Waals surface area contributed by atoms with Gasteiger partial charge in [-0.2, -0.15) is 5.26 Å². The van der Waals surface area contributed by atoms with Gasteiger partial charge in [-0.15, -0.1) is 11.3 Å². The van der Waals surface area contributed by atoms with Crippen molar-refractivity contribution in [1.29, 1.82) is 5.26 Å². The fourth-order valence-electron chi connectivity index (χ4n) is 3.77. The number of carbonyl (C=O) groups is 1. The average Bonchev–Trinajstić information content (AvgIpc) is 3.19. The number of thiazole rings is 1. The van der Waals surface area contributed by atoms with Gasteiger partial charge in [0.15, 0.2) is 5.57 Å². The predicted molar refractivity (Wildman–Crippen MR) is 147 cm³/mol. The van der Waals surface area contributed by atoms with E-state index in [4.69, 9.17) is 11.6 Å². The van der Waals surface area contributed by atoms with Gasteiger partial charge in [-0.1, -0.05) is 61.3 Å². The Morgan fingerprint density at radius 1 is 1.14 bits per heavy atom. The second-order valence-electron chi connectivity index (χ2n) is 8.30. The summed E-state index contributed by atoms with van der Waals surface area (Å²) in [5, 5.41) is 13.2. The summed E-state index contributed by atoms with van der Waals surface area (Å²) in [6.07, 6.45) is 4.69. The van der Waals surface area contributed by atoms with E-state index in [9.17, 15) is 19.2 Å². The molecule has 0 aliphatic carbocycles. The largest absolute Gasteiger partial charge is 0.321 e. The van der Waals surface area contributed by atoms with Crippen LogP contribution in [0.1, 0.15) is 30.9 Å². The van der Waals surface area contributed by atoms with Crippen molar-refractivity contribution < 1.29 is 9.18 Å². The third kappa shape index (κ3) is 6.05. The van der Waals surface area contributed by atoms with Gasteiger partial charge in [0, 0.05) is 10.7 Å². The van der Waals surface area contributed by atoms with E-state index in [2.05, 4.69) is 12.2 Å². The van der Waals surface area contributed by atoms with E-state index in [0.717, 1.165) is 40.7 Å². The van der Waals surface area contributed by atoms with E-state index < -0.39 is 17.3 Å². The maximum Gasteiger partial charge on any atom is 0.273 e. The maximum absolute atomic E-state index is 14.8. The van der Waals surface area contributed by atoms with Crippen molar-refractivity contribution in [2.24, 2.45) is 0 Å². The lowest BCUT2D eigenvalue weighted by atomic mass is 10.1. The van der Waals surface area contributed by atoms with Gasteiger partial charge >= 0.3 is 0 Å². The fourth-order valence-corrected chi connectivity index (χ4v) is 5.07. The van der Waals surface area contributed by atoms with Gasteiger partial charge in [-0.25, -0.2) is 4.39 Å². The van der Waals surface area contributed by atoms with Crippen LogP contribution in [0.15, 0.2) is 77.6 Å². The zero-order chi connectivity index (χ0) is 26.4. The van der Waals surface area contributed by atoms with Gasteiger partial charge in [0.25, 0.3) is 11.5 Å². The van der Waals surface area contributed by atoms with E-state index in [-0.39, 0.29) is 20.5 Å². The van der Waals surface area contributed by atoms with Gasteiger partial charge in [0.1, 0.15) is 16.5 Å². The first-order valence-electron chi connectivity index (χ1n) is 11.7. The number of hydrogen-bond donors (Lipinski definition) is 1. The number of aryl methyl sites for hydroxylation is 1. The first kappa shape index (κ1) is 26.1. The quantitative estimate of drug-likeness (QED) is 0.357. The minimum absolute atomic E-state index is 0.0305. The van der Waals surface area contributed by atoms with Crippen LogP contribution in [0.4, 0.5) is 10.1 Å². The van der Waals surface area contributed by atoms with Crippen molar-refractivity contribution in [3.8, 4) is 11.8 Å². The number of halogens is 2. The molecule has 4 rings (SSSR count). The Morgan fingerprint density at radius 2 is 1.89 bits per heavy atom. The van der Waals surface area contributed by atoms with Crippen LogP contribution >= 0.6 is 22.9 Å². The number of carbonyl (C=O) groups excluding carboxylic acids is 1. The van der Waals surface area contributed by atoms with Crippen LogP contribution in [0.25, 0.3) is 17.3 Å². The molecular weight excluding hydrogens is 509 g/mol. The molecule has 1 N–H and O–H groups in total. The molecule has 37 heavy (non-hydrogen) atoms. The molecule has 0 saturated carbocycles. The van der Waals surface area contributed by atoms with Crippen molar-refractivity contribution in [3.63, 3.8) is 0 Å². The highest BCUT2D eigenvalue weighted by atomic mass is 35.5. The number of rotatable bonds is 7. The Kier molecular flexibility index (Phi) is 8.34. The molecule has 3 aromatic carbocycles. The Balaban J connectivity index is 1.86.